The lowest BCUT2D eigenvalue weighted by atomic mass is 10.0. The number of hydrogen-bond acceptors (Lipinski definition) is 8. The molecule has 3 heterocycles. The minimum absolute atomic E-state index is 0.00851. The average Bonchev–Trinajstić information content (AvgIpc) is 3.03. The number of aromatic nitrogens is 1. The van der Waals surface area contributed by atoms with Crippen molar-refractivity contribution in [3.8, 4) is 6.07 Å². The van der Waals surface area contributed by atoms with E-state index in [0.29, 0.717) is 61.1 Å². The van der Waals surface area contributed by atoms with Crippen LogP contribution in [0.3, 0.4) is 0 Å². The number of rotatable bonds is 7. The molecule has 0 radical (unpaired) electrons. The number of morpholine rings is 1. The van der Waals surface area contributed by atoms with Crippen molar-refractivity contribution in [2.45, 2.75) is 33.2 Å². The molecule has 1 aromatic rings. The first kappa shape index (κ1) is 24.0. The number of pyridine rings is 1. The fourth-order valence-corrected chi connectivity index (χ4v) is 5.01. The van der Waals surface area contributed by atoms with Crippen LogP contribution < -0.4 is 10.5 Å². The molecule has 0 bridgehead atoms. The van der Waals surface area contributed by atoms with Gasteiger partial charge in [-0.3, -0.25) is 23.9 Å². The largest absolute Gasteiger partial charge is 0.481 e. The van der Waals surface area contributed by atoms with Crippen molar-refractivity contribution in [3.63, 3.8) is 0 Å². The highest BCUT2D eigenvalue weighted by Gasteiger charge is 2.33. The summed E-state index contributed by atoms with van der Waals surface area (Å²) in [5, 5.41) is 18.6. The van der Waals surface area contributed by atoms with Crippen molar-refractivity contribution >= 4 is 52.1 Å². The third-order valence-electron chi connectivity index (χ3n) is 5.30. The number of carbonyl (C=O) groups excluding carboxylic acids is 1. The molecule has 32 heavy (non-hydrogen) atoms. The average molecular weight is 477 g/mol. The Balaban J connectivity index is 2.16. The monoisotopic (exact) mass is 476 g/mol. The van der Waals surface area contributed by atoms with Crippen LogP contribution in [0.5, 0.6) is 0 Å². The molecule has 0 aliphatic carbocycles. The summed E-state index contributed by atoms with van der Waals surface area (Å²) in [7, 11) is 0. The van der Waals surface area contributed by atoms with Gasteiger partial charge in [-0.2, -0.15) is 5.26 Å². The van der Waals surface area contributed by atoms with Crippen molar-refractivity contribution in [1.82, 2.24) is 9.47 Å². The van der Waals surface area contributed by atoms with Gasteiger partial charge >= 0.3 is 5.97 Å². The first-order chi connectivity index (χ1) is 15.3. The van der Waals surface area contributed by atoms with Crippen LogP contribution >= 0.6 is 24.0 Å². The number of carboxylic acids is 1. The Bertz CT molecular complexity index is 1080. The molecular formula is C21H24N4O5S2. The first-order valence-corrected chi connectivity index (χ1v) is 11.5. The van der Waals surface area contributed by atoms with Crippen LogP contribution in [-0.2, 0) is 20.9 Å². The van der Waals surface area contributed by atoms with Gasteiger partial charge in [-0.15, -0.1) is 0 Å². The number of nitrogens with zero attached hydrogens (tertiary/aromatic N) is 4. The molecule has 1 aromatic heterocycles. The lowest BCUT2D eigenvalue weighted by molar-refractivity contribution is -0.137. The minimum Gasteiger partial charge on any atom is -0.481 e. The maximum Gasteiger partial charge on any atom is 0.305 e. The summed E-state index contributed by atoms with van der Waals surface area (Å²) < 4.78 is 7.36. The van der Waals surface area contributed by atoms with Gasteiger partial charge < -0.3 is 14.7 Å². The van der Waals surface area contributed by atoms with E-state index in [9.17, 15) is 19.6 Å². The van der Waals surface area contributed by atoms with Gasteiger partial charge in [0.1, 0.15) is 21.8 Å². The zero-order valence-electron chi connectivity index (χ0n) is 17.9. The standard InChI is InChI=1S/C21H24N4O5S2/c1-3-5-24-18(23-7-9-30-10-8-23)14(13(2)15(12-22)19(24)28)11-16-20(29)25(21(31)32-16)6-4-17(26)27/h11H,3-10H2,1-2H3,(H,26,27)/b16-11+. The molecule has 1 amide bonds. The SMILES string of the molecule is CCCn1c(N2CCOCC2)c(/C=C2/SC(=S)N(CCC(=O)O)C2=O)c(C)c(C#N)c1=O. The number of anilines is 1. The second-order valence-electron chi connectivity index (χ2n) is 7.38. The molecule has 2 fully saturated rings. The van der Waals surface area contributed by atoms with Gasteiger partial charge in [-0.1, -0.05) is 30.9 Å². The van der Waals surface area contributed by atoms with E-state index >= 15 is 0 Å². The van der Waals surface area contributed by atoms with Gasteiger partial charge in [-0.05, 0) is 25.0 Å². The van der Waals surface area contributed by atoms with E-state index in [1.54, 1.807) is 17.6 Å². The van der Waals surface area contributed by atoms with Crippen LogP contribution in [0.1, 0.15) is 36.5 Å². The fourth-order valence-electron chi connectivity index (χ4n) is 3.72. The number of ether oxygens (including phenoxy) is 1. The number of thiocarbonyl (C=S) groups is 1. The van der Waals surface area contributed by atoms with Crippen LogP contribution in [0, 0.1) is 18.3 Å². The van der Waals surface area contributed by atoms with Gasteiger partial charge in [0.05, 0.1) is 24.5 Å². The lowest BCUT2D eigenvalue weighted by Gasteiger charge is -2.33. The summed E-state index contributed by atoms with van der Waals surface area (Å²) in [6.07, 6.45) is 2.16. The van der Waals surface area contributed by atoms with Crippen molar-refractivity contribution in [3.05, 3.63) is 31.9 Å². The molecule has 0 aromatic carbocycles. The topological polar surface area (TPSA) is 116 Å². The normalized spacial score (nSPS) is 17.8. The van der Waals surface area contributed by atoms with E-state index < -0.39 is 5.97 Å². The summed E-state index contributed by atoms with van der Waals surface area (Å²) in [6.45, 7) is 6.26. The van der Waals surface area contributed by atoms with Crippen LogP contribution in [0.15, 0.2) is 9.70 Å². The molecule has 2 aliphatic rings. The number of thioether (sulfide) groups is 1. The maximum absolute atomic E-state index is 13.1. The van der Waals surface area contributed by atoms with Crippen molar-refractivity contribution < 1.29 is 19.4 Å². The van der Waals surface area contributed by atoms with E-state index in [2.05, 4.69) is 0 Å². The minimum atomic E-state index is -1.02. The molecule has 0 saturated carbocycles. The highest BCUT2D eigenvalue weighted by molar-refractivity contribution is 8.26. The first-order valence-electron chi connectivity index (χ1n) is 10.3. The van der Waals surface area contributed by atoms with Gasteiger partial charge in [0.2, 0.25) is 0 Å². The van der Waals surface area contributed by atoms with Crippen molar-refractivity contribution in [2.75, 3.05) is 37.7 Å². The van der Waals surface area contributed by atoms with Gasteiger partial charge in [-0.25, -0.2) is 0 Å². The van der Waals surface area contributed by atoms with E-state index in [1.807, 2.05) is 17.9 Å². The van der Waals surface area contributed by atoms with Crippen LogP contribution in [0.25, 0.3) is 6.08 Å². The highest BCUT2D eigenvalue weighted by atomic mass is 32.2. The number of carbonyl (C=O) groups is 2. The highest BCUT2D eigenvalue weighted by Crippen LogP contribution is 2.36. The smallest absolute Gasteiger partial charge is 0.305 e. The molecule has 1 N–H and O–H groups in total. The Morgan fingerprint density at radius 3 is 2.59 bits per heavy atom. The Morgan fingerprint density at radius 1 is 1.31 bits per heavy atom. The molecular weight excluding hydrogens is 452 g/mol. The molecule has 0 atom stereocenters. The number of hydrogen-bond donors (Lipinski definition) is 1. The third kappa shape index (κ3) is 4.72. The van der Waals surface area contributed by atoms with E-state index in [1.165, 1.54) is 4.90 Å². The van der Waals surface area contributed by atoms with E-state index in [4.69, 9.17) is 22.1 Å². The van der Waals surface area contributed by atoms with E-state index in [0.717, 1.165) is 11.8 Å². The van der Waals surface area contributed by atoms with Gasteiger partial charge in [0.25, 0.3) is 11.5 Å². The zero-order chi connectivity index (χ0) is 23.4. The zero-order valence-corrected chi connectivity index (χ0v) is 19.6. The predicted octanol–water partition coefficient (Wildman–Crippen LogP) is 1.95. The number of amides is 1. The quantitative estimate of drug-likeness (QED) is 0.466. The molecule has 170 valence electrons. The summed E-state index contributed by atoms with van der Waals surface area (Å²) in [6, 6.07) is 2.02. The van der Waals surface area contributed by atoms with Crippen LogP contribution in [-0.4, -0.2) is 63.6 Å². The second-order valence-corrected chi connectivity index (χ2v) is 9.06. The second kappa shape index (κ2) is 10.3. The summed E-state index contributed by atoms with van der Waals surface area (Å²) in [4.78, 5) is 40.6. The van der Waals surface area contributed by atoms with Gasteiger partial charge in [0.15, 0.2) is 0 Å². The molecule has 0 spiro atoms. The fraction of sp³-hybridized carbons (Fsp3) is 0.476. The Morgan fingerprint density at radius 2 is 2.00 bits per heavy atom. The number of aliphatic carboxylic acids is 1. The number of nitriles is 1. The summed E-state index contributed by atoms with van der Waals surface area (Å²) in [5.74, 6) is -0.730. The summed E-state index contributed by atoms with van der Waals surface area (Å²) >= 11 is 6.38. The maximum atomic E-state index is 13.1. The van der Waals surface area contributed by atoms with Crippen LogP contribution in [0.4, 0.5) is 5.82 Å². The van der Waals surface area contributed by atoms with Crippen molar-refractivity contribution in [2.24, 2.45) is 0 Å². The lowest BCUT2D eigenvalue weighted by Crippen LogP contribution is -2.41. The van der Waals surface area contributed by atoms with Crippen molar-refractivity contribution in [1.29, 1.82) is 5.26 Å². The van der Waals surface area contributed by atoms with E-state index in [-0.39, 0.29) is 34.3 Å². The predicted molar refractivity (Wildman–Crippen MR) is 126 cm³/mol. The molecule has 0 unspecified atom stereocenters. The molecule has 3 rings (SSSR count). The number of carboxylic acid groups (broad SMARTS) is 1. The molecule has 9 nitrogen and oxygen atoms in total. The molecule has 2 aliphatic heterocycles. The Labute approximate surface area is 195 Å². The van der Waals surface area contributed by atoms with Crippen LogP contribution in [0.2, 0.25) is 0 Å². The molecule has 11 heteroatoms. The van der Waals surface area contributed by atoms with Gasteiger partial charge in [0, 0.05) is 31.7 Å². The Kier molecular flexibility index (Phi) is 7.71. The Hall–Kier alpha value is -2.68. The molecule has 2 saturated heterocycles. The summed E-state index contributed by atoms with van der Waals surface area (Å²) in [5.41, 5.74) is 0.819. The third-order valence-corrected chi connectivity index (χ3v) is 6.68.